The number of urea groups is 1. The topological polar surface area (TPSA) is 58.4 Å². The van der Waals surface area contributed by atoms with E-state index in [0.717, 1.165) is 25.3 Å². The van der Waals surface area contributed by atoms with Crippen LogP contribution in [0, 0.1) is 18.6 Å². The number of carbonyl (C=O) groups is 1. The molecule has 122 valence electrons. The molecule has 2 aromatic rings. The molecule has 1 aliphatic heterocycles. The molecule has 1 aromatic heterocycles. The van der Waals surface area contributed by atoms with Crippen LogP contribution in [0.5, 0.6) is 0 Å². The molecule has 1 fully saturated rings. The normalized spacial score (nSPS) is 18.0. The van der Waals surface area contributed by atoms with Gasteiger partial charge in [0.2, 0.25) is 0 Å². The lowest BCUT2D eigenvalue weighted by Gasteiger charge is -2.34. The number of amides is 2. The third kappa shape index (κ3) is 3.18. The summed E-state index contributed by atoms with van der Waals surface area (Å²) in [5.74, 6) is -1.39. The molecule has 3 rings (SSSR count). The number of hydrogen-bond donors (Lipinski definition) is 1. The van der Waals surface area contributed by atoms with Crippen LogP contribution in [0.25, 0.3) is 0 Å². The lowest BCUT2D eigenvalue weighted by atomic mass is 9.99. The monoisotopic (exact) mass is 321 g/mol. The Balaban J connectivity index is 1.80. The third-order valence-electron chi connectivity index (χ3n) is 3.94. The van der Waals surface area contributed by atoms with Gasteiger partial charge >= 0.3 is 6.03 Å². The summed E-state index contributed by atoms with van der Waals surface area (Å²) in [5.41, 5.74) is 0.507. The van der Waals surface area contributed by atoms with Gasteiger partial charge in [-0.15, -0.1) is 0 Å². The lowest BCUT2D eigenvalue weighted by molar-refractivity contribution is 0.159. The SMILES string of the molecule is Cc1cc(C2CCCCN2C(=O)Nc2cccc(F)c2F)no1. The maximum atomic E-state index is 13.7. The van der Waals surface area contributed by atoms with Gasteiger partial charge in [0, 0.05) is 12.6 Å². The van der Waals surface area contributed by atoms with Crippen molar-refractivity contribution in [2.75, 3.05) is 11.9 Å². The number of likely N-dealkylation sites (tertiary alicyclic amines) is 1. The second kappa shape index (κ2) is 6.36. The van der Waals surface area contributed by atoms with Crippen LogP contribution in [0.4, 0.5) is 19.3 Å². The number of aromatic nitrogens is 1. The molecule has 1 atom stereocenters. The van der Waals surface area contributed by atoms with E-state index in [9.17, 15) is 13.6 Å². The van der Waals surface area contributed by atoms with Crippen LogP contribution in [0.15, 0.2) is 28.8 Å². The zero-order chi connectivity index (χ0) is 16.4. The Kier molecular flexibility index (Phi) is 4.27. The minimum absolute atomic E-state index is 0.171. The summed E-state index contributed by atoms with van der Waals surface area (Å²) < 4.78 is 32.1. The molecule has 0 bridgehead atoms. The van der Waals surface area contributed by atoms with E-state index >= 15 is 0 Å². The van der Waals surface area contributed by atoms with E-state index in [1.165, 1.54) is 12.1 Å². The Labute approximate surface area is 132 Å². The first-order valence-corrected chi connectivity index (χ1v) is 7.51. The van der Waals surface area contributed by atoms with Gasteiger partial charge in [0.25, 0.3) is 0 Å². The summed E-state index contributed by atoms with van der Waals surface area (Å²) in [6, 6.07) is 4.78. The van der Waals surface area contributed by atoms with Crippen molar-refractivity contribution in [1.29, 1.82) is 0 Å². The first-order valence-electron chi connectivity index (χ1n) is 7.51. The Morgan fingerprint density at radius 2 is 2.22 bits per heavy atom. The van der Waals surface area contributed by atoms with Gasteiger partial charge in [0.15, 0.2) is 11.6 Å². The van der Waals surface area contributed by atoms with Crippen molar-refractivity contribution in [3.8, 4) is 0 Å². The smallest absolute Gasteiger partial charge is 0.322 e. The Morgan fingerprint density at radius 3 is 2.96 bits per heavy atom. The number of benzene rings is 1. The molecule has 0 radical (unpaired) electrons. The number of nitrogens with one attached hydrogen (secondary N) is 1. The highest BCUT2D eigenvalue weighted by Gasteiger charge is 2.30. The van der Waals surface area contributed by atoms with E-state index in [4.69, 9.17) is 4.52 Å². The summed E-state index contributed by atoms with van der Waals surface area (Å²) in [5, 5.41) is 6.42. The van der Waals surface area contributed by atoms with Gasteiger partial charge in [0.1, 0.15) is 11.5 Å². The molecule has 2 amide bonds. The quantitative estimate of drug-likeness (QED) is 0.909. The molecule has 2 heterocycles. The number of piperidine rings is 1. The van der Waals surface area contributed by atoms with Gasteiger partial charge in [-0.25, -0.2) is 13.6 Å². The van der Waals surface area contributed by atoms with Crippen LogP contribution in [-0.4, -0.2) is 22.6 Å². The van der Waals surface area contributed by atoms with E-state index < -0.39 is 17.7 Å². The second-order valence-electron chi connectivity index (χ2n) is 5.60. The predicted octanol–water partition coefficient (Wildman–Crippen LogP) is 4.02. The van der Waals surface area contributed by atoms with Crippen LogP contribution >= 0.6 is 0 Å². The molecule has 5 nitrogen and oxygen atoms in total. The number of hydrogen-bond acceptors (Lipinski definition) is 3. The van der Waals surface area contributed by atoms with Crippen LogP contribution < -0.4 is 5.32 Å². The number of carbonyl (C=O) groups excluding carboxylic acids is 1. The molecule has 1 unspecified atom stereocenters. The minimum Gasteiger partial charge on any atom is -0.361 e. The van der Waals surface area contributed by atoms with Crippen molar-refractivity contribution in [2.45, 2.75) is 32.2 Å². The molecule has 1 N–H and O–H groups in total. The predicted molar refractivity (Wildman–Crippen MR) is 79.9 cm³/mol. The van der Waals surface area contributed by atoms with Crippen LogP contribution in [-0.2, 0) is 0 Å². The number of anilines is 1. The van der Waals surface area contributed by atoms with Crippen LogP contribution in [0.3, 0.4) is 0 Å². The molecule has 23 heavy (non-hydrogen) atoms. The lowest BCUT2D eigenvalue weighted by Crippen LogP contribution is -2.41. The molecule has 1 aromatic carbocycles. The van der Waals surface area contributed by atoms with Gasteiger partial charge in [0.05, 0.1) is 11.7 Å². The van der Waals surface area contributed by atoms with Crippen molar-refractivity contribution in [2.24, 2.45) is 0 Å². The fraction of sp³-hybridized carbons (Fsp3) is 0.375. The minimum atomic E-state index is -1.06. The average molecular weight is 321 g/mol. The molecule has 0 spiro atoms. The fourth-order valence-corrected chi connectivity index (χ4v) is 2.81. The summed E-state index contributed by atoms with van der Waals surface area (Å²) in [7, 11) is 0. The molecule has 0 aliphatic carbocycles. The number of halogens is 2. The van der Waals surface area contributed by atoms with Gasteiger partial charge in [-0.2, -0.15) is 0 Å². The van der Waals surface area contributed by atoms with Crippen molar-refractivity contribution in [3.05, 3.63) is 47.4 Å². The zero-order valence-electron chi connectivity index (χ0n) is 12.7. The summed E-state index contributed by atoms with van der Waals surface area (Å²) >= 11 is 0. The largest absolute Gasteiger partial charge is 0.361 e. The zero-order valence-corrected chi connectivity index (χ0v) is 12.7. The molecular formula is C16H17F2N3O2. The molecule has 7 heteroatoms. The molecule has 1 saturated heterocycles. The summed E-state index contributed by atoms with van der Waals surface area (Å²) in [4.78, 5) is 14.1. The maximum Gasteiger partial charge on any atom is 0.322 e. The van der Waals surface area contributed by atoms with E-state index in [1.54, 1.807) is 17.9 Å². The van der Waals surface area contributed by atoms with Crippen molar-refractivity contribution in [1.82, 2.24) is 10.1 Å². The standard InChI is InChI=1S/C16H17F2N3O2/c1-10-9-13(20-23-10)14-7-2-3-8-21(14)16(22)19-12-6-4-5-11(17)15(12)18/h4-6,9,14H,2-3,7-8H2,1H3,(H,19,22). The van der Waals surface area contributed by atoms with Crippen molar-refractivity contribution >= 4 is 11.7 Å². The first kappa shape index (κ1) is 15.5. The third-order valence-corrected chi connectivity index (χ3v) is 3.94. The number of rotatable bonds is 2. The maximum absolute atomic E-state index is 13.7. The Hall–Kier alpha value is -2.44. The van der Waals surface area contributed by atoms with Crippen molar-refractivity contribution < 1.29 is 18.1 Å². The average Bonchev–Trinajstić information content (AvgIpc) is 2.98. The van der Waals surface area contributed by atoms with Crippen LogP contribution in [0.2, 0.25) is 0 Å². The molecule has 0 saturated carbocycles. The molecular weight excluding hydrogens is 304 g/mol. The van der Waals surface area contributed by atoms with Gasteiger partial charge in [-0.05, 0) is 38.3 Å². The van der Waals surface area contributed by atoms with Gasteiger partial charge in [-0.3, -0.25) is 0 Å². The fourth-order valence-electron chi connectivity index (χ4n) is 2.81. The van der Waals surface area contributed by atoms with E-state index in [1.807, 2.05) is 0 Å². The summed E-state index contributed by atoms with van der Waals surface area (Å²) in [6.45, 7) is 2.31. The van der Waals surface area contributed by atoms with E-state index in [0.29, 0.717) is 18.0 Å². The first-order chi connectivity index (χ1) is 11.1. The van der Waals surface area contributed by atoms with Gasteiger partial charge < -0.3 is 14.7 Å². The van der Waals surface area contributed by atoms with E-state index in [2.05, 4.69) is 10.5 Å². The number of nitrogens with zero attached hydrogens (tertiary/aromatic N) is 2. The Bertz CT molecular complexity index is 717. The Morgan fingerprint density at radius 1 is 1.39 bits per heavy atom. The highest BCUT2D eigenvalue weighted by molar-refractivity contribution is 5.89. The van der Waals surface area contributed by atoms with Crippen LogP contribution in [0.1, 0.15) is 36.8 Å². The second-order valence-corrected chi connectivity index (χ2v) is 5.60. The highest BCUT2D eigenvalue weighted by atomic mass is 19.2. The number of aryl methyl sites for hydroxylation is 1. The van der Waals surface area contributed by atoms with E-state index in [-0.39, 0.29) is 11.7 Å². The van der Waals surface area contributed by atoms with Crippen molar-refractivity contribution in [3.63, 3.8) is 0 Å². The highest BCUT2D eigenvalue weighted by Crippen LogP contribution is 2.31. The summed E-state index contributed by atoms with van der Waals surface area (Å²) in [6.07, 6.45) is 2.58. The van der Waals surface area contributed by atoms with Gasteiger partial charge in [-0.1, -0.05) is 11.2 Å². The molecule has 1 aliphatic rings.